The zero-order chi connectivity index (χ0) is 13.8. The first kappa shape index (κ1) is 15.3. The summed E-state index contributed by atoms with van der Waals surface area (Å²) in [5.41, 5.74) is 0. The van der Waals surface area contributed by atoms with E-state index in [1.54, 1.807) is 31.1 Å². The Kier molecular flexibility index (Phi) is 5.01. The van der Waals surface area contributed by atoms with Crippen LogP contribution in [-0.4, -0.2) is 38.0 Å². The summed E-state index contributed by atoms with van der Waals surface area (Å²) in [5.74, 6) is 0.354. The van der Waals surface area contributed by atoms with Crippen molar-refractivity contribution in [2.75, 3.05) is 25.2 Å². The highest BCUT2D eigenvalue weighted by molar-refractivity contribution is 8.00. The summed E-state index contributed by atoms with van der Waals surface area (Å²) in [6.07, 6.45) is 3.51. The van der Waals surface area contributed by atoms with Crippen LogP contribution in [0.2, 0.25) is 0 Å². The summed E-state index contributed by atoms with van der Waals surface area (Å²) in [4.78, 5) is 4.16. The molecule has 0 saturated carbocycles. The zero-order valence-corrected chi connectivity index (χ0v) is 12.7. The van der Waals surface area contributed by atoms with Gasteiger partial charge in [-0.2, -0.15) is 11.8 Å². The van der Waals surface area contributed by atoms with E-state index < -0.39 is 10.0 Å². The quantitative estimate of drug-likeness (QED) is 0.831. The maximum atomic E-state index is 12.2. The van der Waals surface area contributed by atoms with E-state index in [0.29, 0.717) is 12.4 Å². The molecule has 0 aliphatic rings. The molecule has 102 valence electrons. The van der Waals surface area contributed by atoms with E-state index in [4.69, 9.17) is 0 Å². The van der Waals surface area contributed by atoms with Crippen LogP contribution < -0.4 is 10.0 Å². The molecule has 1 heterocycles. The lowest BCUT2D eigenvalue weighted by Crippen LogP contribution is -2.36. The highest BCUT2D eigenvalue weighted by Gasteiger charge is 2.23. The number of anilines is 1. The van der Waals surface area contributed by atoms with Gasteiger partial charge in [-0.1, -0.05) is 0 Å². The van der Waals surface area contributed by atoms with Gasteiger partial charge in [0.05, 0.1) is 0 Å². The smallest absolute Gasteiger partial charge is 0.244 e. The van der Waals surface area contributed by atoms with Crippen molar-refractivity contribution in [2.24, 2.45) is 0 Å². The van der Waals surface area contributed by atoms with Crippen LogP contribution in [0.15, 0.2) is 23.2 Å². The molecule has 18 heavy (non-hydrogen) atoms. The van der Waals surface area contributed by atoms with Gasteiger partial charge in [-0.25, -0.2) is 18.1 Å². The molecule has 1 aromatic rings. The summed E-state index contributed by atoms with van der Waals surface area (Å²) < 4.78 is 26.8. The molecule has 0 bridgehead atoms. The Balaban J connectivity index is 2.94. The first-order valence-electron chi connectivity index (χ1n) is 5.50. The lowest BCUT2D eigenvalue weighted by Gasteiger charge is -2.22. The molecule has 0 spiro atoms. The van der Waals surface area contributed by atoms with Crippen molar-refractivity contribution in [3.05, 3.63) is 18.3 Å². The van der Waals surface area contributed by atoms with Gasteiger partial charge in [-0.3, -0.25) is 0 Å². The van der Waals surface area contributed by atoms with Gasteiger partial charge in [-0.15, -0.1) is 0 Å². The van der Waals surface area contributed by atoms with Crippen molar-refractivity contribution in [1.29, 1.82) is 0 Å². The molecule has 2 N–H and O–H groups in total. The van der Waals surface area contributed by atoms with Gasteiger partial charge < -0.3 is 5.32 Å². The molecule has 0 atom stereocenters. The molecule has 0 amide bonds. The average Bonchev–Trinajstić information content (AvgIpc) is 2.37. The lowest BCUT2D eigenvalue weighted by atomic mass is 10.2. The number of hydrogen-bond acceptors (Lipinski definition) is 5. The molecule has 0 aliphatic carbocycles. The Morgan fingerprint density at radius 1 is 1.44 bits per heavy atom. The molecule has 0 aromatic carbocycles. The minimum Gasteiger partial charge on any atom is -0.372 e. The summed E-state index contributed by atoms with van der Waals surface area (Å²) in [7, 11) is -1.89. The second-order valence-electron chi connectivity index (χ2n) is 4.39. The Hall–Kier alpha value is -0.790. The normalized spacial score (nSPS) is 12.4. The third-order valence-corrected chi connectivity index (χ3v) is 5.22. The monoisotopic (exact) mass is 289 g/mol. The number of sulfonamides is 1. The van der Waals surface area contributed by atoms with E-state index in [1.165, 1.54) is 6.07 Å². The van der Waals surface area contributed by atoms with Gasteiger partial charge in [0.15, 0.2) is 0 Å². The van der Waals surface area contributed by atoms with E-state index in [1.807, 2.05) is 20.1 Å². The van der Waals surface area contributed by atoms with Gasteiger partial charge >= 0.3 is 0 Å². The number of thioether (sulfide) groups is 1. The molecule has 0 saturated heterocycles. The molecule has 7 heteroatoms. The second kappa shape index (κ2) is 5.90. The predicted molar refractivity (Wildman–Crippen MR) is 76.6 cm³/mol. The fraction of sp³-hybridized carbons (Fsp3) is 0.545. The van der Waals surface area contributed by atoms with Crippen LogP contribution in [0, 0.1) is 0 Å². The fourth-order valence-electron chi connectivity index (χ4n) is 1.21. The van der Waals surface area contributed by atoms with E-state index in [2.05, 4.69) is 15.0 Å². The topological polar surface area (TPSA) is 71.1 Å². The van der Waals surface area contributed by atoms with E-state index in [9.17, 15) is 8.42 Å². The average molecular weight is 289 g/mol. The van der Waals surface area contributed by atoms with Crippen LogP contribution in [-0.2, 0) is 10.0 Å². The SMILES string of the molecule is CNc1ncccc1S(=O)(=O)NCC(C)(C)SC. The van der Waals surface area contributed by atoms with Gasteiger partial charge in [0.2, 0.25) is 10.0 Å². The van der Waals surface area contributed by atoms with Crippen LogP contribution >= 0.6 is 11.8 Å². The first-order valence-corrected chi connectivity index (χ1v) is 8.21. The number of aromatic nitrogens is 1. The molecule has 0 aliphatic heterocycles. The van der Waals surface area contributed by atoms with Crippen molar-refractivity contribution in [3.8, 4) is 0 Å². The van der Waals surface area contributed by atoms with Crippen LogP contribution in [0.4, 0.5) is 5.82 Å². The van der Waals surface area contributed by atoms with Gasteiger partial charge in [0.25, 0.3) is 0 Å². The van der Waals surface area contributed by atoms with Gasteiger partial charge in [0, 0.05) is 24.5 Å². The number of nitrogens with zero attached hydrogens (tertiary/aromatic N) is 1. The van der Waals surface area contributed by atoms with Crippen molar-refractivity contribution in [2.45, 2.75) is 23.5 Å². The lowest BCUT2D eigenvalue weighted by molar-refractivity contribution is 0.571. The Morgan fingerprint density at radius 3 is 2.67 bits per heavy atom. The van der Waals surface area contributed by atoms with Crippen molar-refractivity contribution in [3.63, 3.8) is 0 Å². The van der Waals surface area contributed by atoms with Crippen LogP contribution in [0.5, 0.6) is 0 Å². The molecule has 0 fully saturated rings. The third-order valence-electron chi connectivity index (χ3n) is 2.54. The maximum absolute atomic E-state index is 12.2. The highest BCUT2D eigenvalue weighted by atomic mass is 32.2. The minimum absolute atomic E-state index is 0.144. The number of rotatable bonds is 6. The maximum Gasteiger partial charge on any atom is 0.244 e. The summed E-state index contributed by atoms with van der Waals surface area (Å²) in [5, 5.41) is 2.78. The van der Waals surface area contributed by atoms with Gasteiger partial charge in [0.1, 0.15) is 10.7 Å². The van der Waals surface area contributed by atoms with Crippen molar-refractivity contribution < 1.29 is 8.42 Å². The summed E-state index contributed by atoms with van der Waals surface area (Å²) in [6, 6.07) is 3.14. The van der Waals surface area contributed by atoms with E-state index >= 15 is 0 Å². The Labute approximate surface area is 113 Å². The Morgan fingerprint density at radius 2 is 2.11 bits per heavy atom. The van der Waals surface area contributed by atoms with E-state index in [-0.39, 0.29) is 9.64 Å². The minimum atomic E-state index is -3.53. The second-order valence-corrected chi connectivity index (χ2v) is 7.64. The molecule has 1 aromatic heterocycles. The summed E-state index contributed by atoms with van der Waals surface area (Å²) >= 11 is 1.61. The molecule has 1 rings (SSSR count). The van der Waals surface area contributed by atoms with Crippen molar-refractivity contribution >= 4 is 27.6 Å². The number of nitrogens with one attached hydrogen (secondary N) is 2. The standard InChI is InChI=1S/C11H19N3O2S2/c1-11(2,17-4)8-14-18(15,16)9-6-5-7-13-10(9)12-3/h5-7,14H,8H2,1-4H3,(H,12,13). The molecule has 0 radical (unpaired) electrons. The zero-order valence-electron chi connectivity index (χ0n) is 11.0. The largest absolute Gasteiger partial charge is 0.372 e. The molecule has 5 nitrogen and oxygen atoms in total. The van der Waals surface area contributed by atoms with Crippen LogP contribution in [0.1, 0.15) is 13.8 Å². The van der Waals surface area contributed by atoms with Gasteiger partial charge in [-0.05, 0) is 32.2 Å². The number of pyridine rings is 1. The first-order chi connectivity index (χ1) is 8.32. The Bertz CT molecular complexity index is 501. The molecule has 0 unspecified atom stereocenters. The number of hydrogen-bond donors (Lipinski definition) is 2. The van der Waals surface area contributed by atoms with E-state index in [0.717, 1.165) is 0 Å². The third kappa shape index (κ3) is 3.86. The molecular formula is C11H19N3O2S2. The predicted octanol–water partition coefficient (Wildman–Crippen LogP) is 1.54. The highest BCUT2D eigenvalue weighted by Crippen LogP contribution is 2.22. The van der Waals surface area contributed by atoms with Crippen LogP contribution in [0.3, 0.4) is 0 Å². The van der Waals surface area contributed by atoms with Crippen molar-refractivity contribution in [1.82, 2.24) is 9.71 Å². The van der Waals surface area contributed by atoms with Crippen LogP contribution in [0.25, 0.3) is 0 Å². The summed E-state index contributed by atoms with van der Waals surface area (Å²) in [6.45, 7) is 4.35. The molecular weight excluding hydrogens is 270 g/mol. The fourth-order valence-corrected chi connectivity index (χ4v) is 2.90.